The smallest absolute Gasteiger partial charge is 0.162 e. The van der Waals surface area contributed by atoms with Crippen molar-refractivity contribution < 1.29 is 9.47 Å². The molecule has 5 heteroatoms. The molecule has 0 spiro atoms. The van der Waals surface area contributed by atoms with Gasteiger partial charge in [0, 0.05) is 18.3 Å². The Morgan fingerprint density at radius 2 is 2.18 bits per heavy atom. The van der Waals surface area contributed by atoms with Crippen molar-refractivity contribution in [3.63, 3.8) is 0 Å². The second-order valence-electron chi connectivity index (χ2n) is 4.78. The minimum atomic E-state index is -0.426. The van der Waals surface area contributed by atoms with E-state index in [1.165, 1.54) is 0 Å². The number of hydrogen-bond donors (Lipinski definition) is 1. The van der Waals surface area contributed by atoms with E-state index in [1.807, 2.05) is 20.8 Å². The Bertz CT molecular complexity index is 355. The predicted molar refractivity (Wildman–Crippen MR) is 68.3 cm³/mol. The number of nitrogens with zero attached hydrogens (tertiary/aromatic N) is 1. The molecule has 1 aromatic heterocycles. The van der Waals surface area contributed by atoms with Crippen molar-refractivity contribution in [2.75, 3.05) is 19.8 Å². The van der Waals surface area contributed by atoms with Gasteiger partial charge in [0.05, 0.1) is 30.0 Å². The standard InChI is InChI=1S/C12H20N2O2S/c1-9-14-10(8-17-9)4-5-13-11-6-15-12(2,3)16-7-11/h8,11,13H,4-7H2,1-3H3. The maximum Gasteiger partial charge on any atom is 0.162 e. The lowest BCUT2D eigenvalue weighted by atomic mass is 10.2. The van der Waals surface area contributed by atoms with Crippen LogP contribution in [0.4, 0.5) is 0 Å². The Balaban J connectivity index is 1.66. The fourth-order valence-electron chi connectivity index (χ4n) is 1.74. The molecule has 1 fully saturated rings. The average Bonchev–Trinajstić information content (AvgIpc) is 2.67. The van der Waals surface area contributed by atoms with Crippen LogP contribution in [0.25, 0.3) is 0 Å². The van der Waals surface area contributed by atoms with Crippen molar-refractivity contribution in [2.24, 2.45) is 0 Å². The van der Waals surface area contributed by atoms with Crippen LogP contribution in [0.3, 0.4) is 0 Å². The Hall–Kier alpha value is -0.490. The molecule has 1 aliphatic rings. The summed E-state index contributed by atoms with van der Waals surface area (Å²) in [6.07, 6.45) is 0.963. The number of ether oxygens (including phenoxy) is 2. The van der Waals surface area contributed by atoms with Gasteiger partial charge in [-0.1, -0.05) is 0 Å². The minimum Gasteiger partial charge on any atom is -0.349 e. The molecular weight excluding hydrogens is 236 g/mol. The lowest BCUT2D eigenvalue weighted by Crippen LogP contribution is -2.48. The SMILES string of the molecule is Cc1nc(CCNC2COC(C)(C)OC2)cs1. The van der Waals surface area contributed by atoms with Crippen molar-refractivity contribution in [2.45, 2.75) is 39.0 Å². The van der Waals surface area contributed by atoms with Crippen LogP contribution >= 0.6 is 11.3 Å². The summed E-state index contributed by atoms with van der Waals surface area (Å²) in [5.41, 5.74) is 1.16. The van der Waals surface area contributed by atoms with Gasteiger partial charge in [-0.25, -0.2) is 4.98 Å². The molecule has 2 heterocycles. The van der Waals surface area contributed by atoms with Gasteiger partial charge in [-0.15, -0.1) is 11.3 Å². The van der Waals surface area contributed by atoms with Crippen molar-refractivity contribution in [3.05, 3.63) is 16.1 Å². The first-order valence-corrected chi connectivity index (χ1v) is 6.85. The predicted octanol–water partition coefficient (Wildman–Crippen LogP) is 1.74. The van der Waals surface area contributed by atoms with Crippen LogP contribution < -0.4 is 5.32 Å². The molecule has 1 saturated heterocycles. The first kappa shape index (κ1) is 13.0. The summed E-state index contributed by atoms with van der Waals surface area (Å²) in [6, 6.07) is 0.294. The van der Waals surface area contributed by atoms with E-state index >= 15 is 0 Å². The molecule has 1 aliphatic heterocycles. The fraction of sp³-hybridized carbons (Fsp3) is 0.750. The van der Waals surface area contributed by atoms with Crippen LogP contribution in [-0.4, -0.2) is 36.6 Å². The first-order valence-electron chi connectivity index (χ1n) is 5.97. The number of thiazole rings is 1. The monoisotopic (exact) mass is 256 g/mol. The third-order valence-corrected chi connectivity index (χ3v) is 3.57. The average molecular weight is 256 g/mol. The maximum atomic E-state index is 5.59. The molecule has 0 radical (unpaired) electrons. The molecule has 0 saturated carbocycles. The summed E-state index contributed by atoms with van der Waals surface area (Å²) in [6.45, 7) is 8.27. The maximum absolute atomic E-state index is 5.59. The molecule has 0 unspecified atom stereocenters. The molecule has 17 heavy (non-hydrogen) atoms. The second-order valence-corrected chi connectivity index (χ2v) is 5.84. The Morgan fingerprint density at radius 3 is 2.76 bits per heavy atom. The number of rotatable bonds is 4. The molecule has 1 N–H and O–H groups in total. The molecule has 96 valence electrons. The van der Waals surface area contributed by atoms with E-state index in [2.05, 4.69) is 15.7 Å². The lowest BCUT2D eigenvalue weighted by molar-refractivity contribution is -0.252. The lowest BCUT2D eigenvalue weighted by Gasteiger charge is -2.35. The Kier molecular flexibility index (Phi) is 4.14. The summed E-state index contributed by atoms with van der Waals surface area (Å²) in [5, 5.41) is 6.68. The molecule has 0 bridgehead atoms. The quantitative estimate of drug-likeness (QED) is 0.891. The van der Waals surface area contributed by atoms with Gasteiger partial charge in [0.25, 0.3) is 0 Å². The van der Waals surface area contributed by atoms with Crippen LogP contribution in [-0.2, 0) is 15.9 Å². The highest BCUT2D eigenvalue weighted by Crippen LogP contribution is 2.16. The topological polar surface area (TPSA) is 43.4 Å². The van der Waals surface area contributed by atoms with Gasteiger partial charge in [0.1, 0.15) is 0 Å². The summed E-state index contributed by atoms with van der Waals surface area (Å²) in [4.78, 5) is 4.43. The number of nitrogens with one attached hydrogen (secondary N) is 1. The van der Waals surface area contributed by atoms with Gasteiger partial charge in [-0.2, -0.15) is 0 Å². The molecule has 0 aromatic carbocycles. The fourth-order valence-corrected chi connectivity index (χ4v) is 2.38. The van der Waals surface area contributed by atoms with Crippen LogP contribution in [0.15, 0.2) is 5.38 Å². The first-order chi connectivity index (χ1) is 8.05. The van der Waals surface area contributed by atoms with Gasteiger partial charge >= 0.3 is 0 Å². The van der Waals surface area contributed by atoms with Gasteiger partial charge < -0.3 is 14.8 Å². The molecular formula is C12H20N2O2S. The Morgan fingerprint density at radius 1 is 1.47 bits per heavy atom. The van der Waals surface area contributed by atoms with Gasteiger partial charge in [-0.05, 0) is 20.8 Å². The number of hydrogen-bond acceptors (Lipinski definition) is 5. The molecule has 0 atom stereocenters. The van der Waals surface area contributed by atoms with E-state index in [1.54, 1.807) is 11.3 Å². The van der Waals surface area contributed by atoms with Gasteiger partial charge in [0.2, 0.25) is 0 Å². The zero-order valence-corrected chi connectivity index (χ0v) is 11.5. The second kappa shape index (κ2) is 5.44. The largest absolute Gasteiger partial charge is 0.349 e. The van der Waals surface area contributed by atoms with E-state index in [4.69, 9.17) is 9.47 Å². The van der Waals surface area contributed by atoms with Gasteiger partial charge in [0.15, 0.2) is 5.79 Å². The van der Waals surface area contributed by atoms with Gasteiger partial charge in [-0.3, -0.25) is 0 Å². The normalized spacial score (nSPS) is 20.6. The highest BCUT2D eigenvalue weighted by Gasteiger charge is 2.27. The van der Waals surface area contributed by atoms with E-state index < -0.39 is 5.79 Å². The van der Waals surface area contributed by atoms with E-state index in [9.17, 15) is 0 Å². The van der Waals surface area contributed by atoms with E-state index in [0.717, 1.165) is 23.7 Å². The zero-order chi connectivity index (χ0) is 12.3. The van der Waals surface area contributed by atoms with Crippen LogP contribution in [0, 0.1) is 6.92 Å². The minimum absolute atomic E-state index is 0.294. The summed E-state index contributed by atoms with van der Waals surface area (Å²) >= 11 is 1.70. The number of aromatic nitrogens is 1. The summed E-state index contributed by atoms with van der Waals surface area (Å²) in [5.74, 6) is -0.426. The van der Waals surface area contributed by atoms with Crippen molar-refractivity contribution in [1.29, 1.82) is 0 Å². The summed E-state index contributed by atoms with van der Waals surface area (Å²) in [7, 11) is 0. The summed E-state index contributed by atoms with van der Waals surface area (Å²) < 4.78 is 11.2. The van der Waals surface area contributed by atoms with E-state index in [0.29, 0.717) is 19.3 Å². The molecule has 1 aromatic rings. The van der Waals surface area contributed by atoms with Crippen molar-refractivity contribution in [1.82, 2.24) is 10.3 Å². The number of aryl methyl sites for hydroxylation is 1. The molecule has 2 rings (SSSR count). The van der Waals surface area contributed by atoms with E-state index in [-0.39, 0.29) is 0 Å². The Labute approximate surface area is 106 Å². The molecule has 0 aliphatic carbocycles. The van der Waals surface area contributed by atoms with Crippen molar-refractivity contribution in [3.8, 4) is 0 Å². The van der Waals surface area contributed by atoms with Crippen molar-refractivity contribution >= 4 is 11.3 Å². The van der Waals surface area contributed by atoms with Crippen LogP contribution in [0.1, 0.15) is 24.5 Å². The highest BCUT2D eigenvalue weighted by molar-refractivity contribution is 7.09. The molecule has 0 amide bonds. The zero-order valence-electron chi connectivity index (χ0n) is 10.7. The third-order valence-electron chi connectivity index (χ3n) is 2.74. The molecule has 4 nitrogen and oxygen atoms in total. The third kappa shape index (κ3) is 4.03. The van der Waals surface area contributed by atoms with Crippen LogP contribution in [0.2, 0.25) is 0 Å². The highest BCUT2D eigenvalue weighted by atomic mass is 32.1. The van der Waals surface area contributed by atoms with Crippen LogP contribution in [0.5, 0.6) is 0 Å².